The lowest BCUT2D eigenvalue weighted by molar-refractivity contribution is 0.410. The first-order chi connectivity index (χ1) is 9.00. The van der Waals surface area contributed by atoms with Crippen molar-refractivity contribution in [3.05, 3.63) is 53.1 Å². The largest absolute Gasteiger partial charge is 0.376 e. The quantitative estimate of drug-likeness (QED) is 0.689. The lowest BCUT2D eigenvalue weighted by atomic mass is 10.1. The van der Waals surface area contributed by atoms with Crippen molar-refractivity contribution < 1.29 is 17.6 Å². The van der Waals surface area contributed by atoms with Gasteiger partial charge in [0.25, 0.3) is 11.9 Å². The number of aromatic nitrogens is 2. The van der Waals surface area contributed by atoms with Crippen LogP contribution in [0.2, 0.25) is 0 Å². The number of pyridine rings is 2. The van der Waals surface area contributed by atoms with Crippen molar-refractivity contribution >= 4 is 5.69 Å². The zero-order valence-corrected chi connectivity index (χ0v) is 9.85. The molecule has 0 saturated carbocycles. The molecule has 1 N–H and O–H groups in total. The molecular formula is C12H9F4N3. The summed E-state index contributed by atoms with van der Waals surface area (Å²) in [7, 11) is 0. The van der Waals surface area contributed by atoms with Crippen molar-refractivity contribution in [2.75, 3.05) is 5.32 Å². The third-order valence-corrected chi connectivity index (χ3v) is 2.60. The molecule has 0 amide bonds. The van der Waals surface area contributed by atoms with E-state index in [0.29, 0.717) is 5.56 Å². The Morgan fingerprint density at radius 3 is 2.32 bits per heavy atom. The van der Waals surface area contributed by atoms with Crippen molar-refractivity contribution in [2.45, 2.75) is 13.5 Å². The highest BCUT2D eigenvalue weighted by molar-refractivity contribution is 5.46. The number of hydrogen-bond acceptors (Lipinski definition) is 3. The number of anilines is 1. The summed E-state index contributed by atoms with van der Waals surface area (Å²) in [5, 5.41) is 2.31. The zero-order valence-electron chi connectivity index (χ0n) is 9.85. The van der Waals surface area contributed by atoms with E-state index in [1.54, 1.807) is 19.2 Å². The predicted octanol–water partition coefficient (Wildman–Crippen LogP) is 2.95. The van der Waals surface area contributed by atoms with E-state index in [9.17, 15) is 17.6 Å². The van der Waals surface area contributed by atoms with Crippen LogP contribution in [0.3, 0.4) is 0 Å². The highest BCUT2D eigenvalue weighted by Crippen LogP contribution is 2.22. The minimum absolute atomic E-state index is 0.0175. The Kier molecular flexibility index (Phi) is 3.64. The molecule has 2 heterocycles. The molecule has 7 heteroatoms. The number of rotatable bonds is 3. The molecule has 0 aliphatic heterocycles. The van der Waals surface area contributed by atoms with Gasteiger partial charge in [0.05, 0.1) is 0 Å². The number of hydrogen-bond donors (Lipinski definition) is 1. The van der Waals surface area contributed by atoms with Crippen LogP contribution in [0.5, 0.6) is 0 Å². The van der Waals surface area contributed by atoms with Crippen LogP contribution < -0.4 is 5.32 Å². The molecule has 2 aromatic rings. The maximum Gasteiger partial charge on any atom is 0.253 e. The molecule has 2 aromatic heterocycles. The SMILES string of the molecule is Cc1ccncc1CNc1c(F)c(F)nc(F)c1F. The first kappa shape index (κ1) is 13.3. The maximum atomic E-state index is 13.3. The summed E-state index contributed by atoms with van der Waals surface area (Å²) in [6, 6.07) is 1.71. The monoisotopic (exact) mass is 271 g/mol. The minimum atomic E-state index is -1.69. The third kappa shape index (κ3) is 2.64. The van der Waals surface area contributed by atoms with Crippen LogP contribution in [-0.4, -0.2) is 9.97 Å². The average molecular weight is 271 g/mol. The molecule has 19 heavy (non-hydrogen) atoms. The van der Waals surface area contributed by atoms with Crippen molar-refractivity contribution in [3.8, 4) is 0 Å². The standard InChI is InChI=1S/C12H9F4N3/c1-6-2-3-17-4-7(6)5-18-10-8(13)11(15)19-12(16)9(10)14/h2-4H,5H2,1H3,(H,18,19). The fraction of sp³-hybridized carbons (Fsp3) is 0.167. The van der Waals surface area contributed by atoms with Crippen molar-refractivity contribution in [1.82, 2.24) is 9.97 Å². The molecule has 0 bridgehead atoms. The van der Waals surface area contributed by atoms with Crippen LogP contribution in [0.4, 0.5) is 23.2 Å². The number of aryl methyl sites for hydroxylation is 1. The summed E-state index contributed by atoms with van der Waals surface area (Å²) in [6.07, 6.45) is 3.05. The molecule has 0 saturated heterocycles. The van der Waals surface area contributed by atoms with E-state index in [2.05, 4.69) is 15.3 Å². The Bertz CT molecular complexity index is 590. The summed E-state index contributed by atoms with van der Waals surface area (Å²) in [5.74, 6) is -6.49. The molecule has 0 atom stereocenters. The van der Waals surface area contributed by atoms with Gasteiger partial charge in [-0.15, -0.1) is 0 Å². The predicted molar refractivity (Wildman–Crippen MR) is 60.4 cm³/mol. The van der Waals surface area contributed by atoms with Gasteiger partial charge in [0.15, 0.2) is 0 Å². The van der Waals surface area contributed by atoms with E-state index >= 15 is 0 Å². The lowest BCUT2D eigenvalue weighted by Gasteiger charge is -2.10. The third-order valence-electron chi connectivity index (χ3n) is 2.60. The van der Waals surface area contributed by atoms with Gasteiger partial charge in [0.1, 0.15) is 5.69 Å². The Morgan fingerprint density at radius 2 is 1.74 bits per heavy atom. The first-order valence-electron chi connectivity index (χ1n) is 5.34. The molecule has 0 unspecified atom stereocenters. The Morgan fingerprint density at radius 1 is 1.11 bits per heavy atom. The van der Waals surface area contributed by atoms with Gasteiger partial charge in [-0.05, 0) is 24.1 Å². The van der Waals surface area contributed by atoms with Gasteiger partial charge in [0, 0.05) is 18.9 Å². The fourth-order valence-corrected chi connectivity index (χ4v) is 1.51. The van der Waals surface area contributed by atoms with Gasteiger partial charge in [0.2, 0.25) is 11.6 Å². The van der Waals surface area contributed by atoms with Crippen molar-refractivity contribution in [1.29, 1.82) is 0 Å². The van der Waals surface area contributed by atoms with Crippen molar-refractivity contribution in [3.63, 3.8) is 0 Å². The van der Waals surface area contributed by atoms with Crippen LogP contribution in [-0.2, 0) is 6.54 Å². The molecule has 100 valence electrons. The zero-order chi connectivity index (χ0) is 14.0. The topological polar surface area (TPSA) is 37.8 Å². The van der Waals surface area contributed by atoms with E-state index in [1.165, 1.54) is 6.20 Å². The van der Waals surface area contributed by atoms with Gasteiger partial charge in [-0.3, -0.25) is 4.98 Å². The second-order valence-corrected chi connectivity index (χ2v) is 3.85. The number of nitrogens with one attached hydrogen (secondary N) is 1. The molecule has 0 fully saturated rings. The second-order valence-electron chi connectivity index (χ2n) is 3.85. The van der Waals surface area contributed by atoms with Gasteiger partial charge in [-0.2, -0.15) is 22.5 Å². The van der Waals surface area contributed by atoms with Crippen LogP contribution in [0, 0.1) is 30.5 Å². The first-order valence-corrected chi connectivity index (χ1v) is 5.34. The average Bonchev–Trinajstić information content (AvgIpc) is 2.38. The Labute approximate surface area is 106 Å². The molecule has 0 radical (unpaired) electrons. The van der Waals surface area contributed by atoms with E-state index in [4.69, 9.17) is 0 Å². The van der Waals surface area contributed by atoms with E-state index in [1.807, 2.05) is 0 Å². The molecule has 0 spiro atoms. The normalized spacial score (nSPS) is 10.6. The number of halogens is 4. The summed E-state index contributed by atoms with van der Waals surface area (Å²) in [5.41, 5.74) is 0.602. The van der Waals surface area contributed by atoms with Crippen LogP contribution in [0.15, 0.2) is 18.5 Å². The highest BCUT2D eigenvalue weighted by atomic mass is 19.2. The summed E-state index contributed by atoms with van der Waals surface area (Å²) >= 11 is 0. The summed E-state index contributed by atoms with van der Waals surface area (Å²) in [4.78, 5) is 6.32. The number of nitrogens with zero attached hydrogens (tertiary/aromatic N) is 2. The van der Waals surface area contributed by atoms with Crippen molar-refractivity contribution in [2.24, 2.45) is 0 Å². The van der Waals surface area contributed by atoms with Gasteiger partial charge in [-0.1, -0.05) is 0 Å². The van der Waals surface area contributed by atoms with Gasteiger partial charge >= 0.3 is 0 Å². The van der Waals surface area contributed by atoms with Gasteiger partial charge in [-0.25, -0.2) is 0 Å². The fourth-order valence-electron chi connectivity index (χ4n) is 1.51. The molecular weight excluding hydrogens is 262 g/mol. The Hall–Kier alpha value is -2.18. The highest BCUT2D eigenvalue weighted by Gasteiger charge is 2.20. The molecule has 2 rings (SSSR count). The molecule has 0 aliphatic carbocycles. The summed E-state index contributed by atoms with van der Waals surface area (Å²) in [6.45, 7) is 1.76. The minimum Gasteiger partial charge on any atom is -0.376 e. The van der Waals surface area contributed by atoms with Crippen LogP contribution >= 0.6 is 0 Å². The van der Waals surface area contributed by atoms with Crippen LogP contribution in [0.1, 0.15) is 11.1 Å². The van der Waals surface area contributed by atoms with E-state index < -0.39 is 29.2 Å². The molecule has 0 aromatic carbocycles. The van der Waals surface area contributed by atoms with Crippen LogP contribution in [0.25, 0.3) is 0 Å². The second kappa shape index (κ2) is 5.21. The Balaban J connectivity index is 2.28. The van der Waals surface area contributed by atoms with Gasteiger partial charge < -0.3 is 5.32 Å². The van der Waals surface area contributed by atoms with E-state index in [0.717, 1.165) is 5.56 Å². The lowest BCUT2D eigenvalue weighted by Crippen LogP contribution is -2.10. The molecule has 0 aliphatic rings. The summed E-state index contributed by atoms with van der Waals surface area (Å²) < 4.78 is 52.4. The van der Waals surface area contributed by atoms with E-state index in [-0.39, 0.29) is 6.54 Å². The maximum absolute atomic E-state index is 13.3. The smallest absolute Gasteiger partial charge is 0.253 e. The molecule has 3 nitrogen and oxygen atoms in total.